The van der Waals surface area contributed by atoms with E-state index < -0.39 is 5.60 Å². The molecule has 7 heteroatoms. The van der Waals surface area contributed by atoms with Gasteiger partial charge in [0, 0.05) is 13.2 Å². The van der Waals surface area contributed by atoms with Crippen molar-refractivity contribution in [3.8, 4) is 0 Å². The topological polar surface area (TPSA) is 56.6 Å². The molecule has 1 atom stereocenters. The van der Waals surface area contributed by atoms with Crippen LogP contribution in [0.2, 0.25) is 0 Å². The fraction of sp³-hybridized carbons (Fsp3) is 0.857. The second-order valence-corrected chi connectivity index (χ2v) is 13.0. The van der Waals surface area contributed by atoms with E-state index in [2.05, 4.69) is 41.7 Å². The Morgan fingerprint density at radius 3 is 2.20 bits per heavy atom. The number of unbranched alkanes of at least 4 members (excludes halogenated alkanes) is 8. The standard InChI is InChI=1S/C28H50BrN3O3/c1-27(2,3)18-14-12-10-8-7-9-11-13-15-20-34-22-32-24(29)21-30-25(32)23-17-16-19-31(23)26(33)35-28(4,5)6/h21,23H,7-20,22H2,1-6H3. The van der Waals surface area contributed by atoms with E-state index in [0.29, 0.717) is 18.7 Å². The third-order valence-corrected chi connectivity index (χ3v) is 7.09. The van der Waals surface area contributed by atoms with Crippen molar-refractivity contribution in [3.63, 3.8) is 0 Å². The molecular weight excluding hydrogens is 506 g/mol. The molecule has 2 heterocycles. The Morgan fingerprint density at radius 2 is 1.60 bits per heavy atom. The fourth-order valence-corrected chi connectivity index (χ4v) is 4.98. The lowest BCUT2D eigenvalue weighted by Crippen LogP contribution is -2.37. The number of halogens is 1. The Hall–Kier alpha value is -1.08. The summed E-state index contributed by atoms with van der Waals surface area (Å²) in [5.74, 6) is 0.864. The highest BCUT2D eigenvalue weighted by Gasteiger charge is 2.36. The molecule has 0 N–H and O–H groups in total. The monoisotopic (exact) mass is 555 g/mol. The van der Waals surface area contributed by atoms with Crippen molar-refractivity contribution in [2.75, 3.05) is 13.2 Å². The second kappa shape index (κ2) is 14.6. The summed E-state index contributed by atoms with van der Waals surface area (Å²) >= 11 is 3.60. The number of hydrogen-bond donors (Lipinski definition) is 0. The minimum atomic E-state index is -0.505. The Morgan fingerprint density at radius 1 is 1.00 bits per heavy atom. The summed E-state index contributed by atoms with van der Waals surface area (Å²) in [4.78, 5) is 19.1. The van der Waals surface area contributed by atoms with Crippen LogP contribution in [-0.2, 0) is 16.2 Å². The minimum absolute atomic E-state index is 0.0757. The van der Waals surface area contributed by atoms with Gasteiger partial charge in [-0.25, -0.2) is 9.78 Å². The van der Waals surface area contributed by atoms with Crippen LogP contribution in [0.15, 0.2) is 10.8 Å². The van der Waals surface area contributed by atoms with Crippen LogP contribution in [-0.4, -0.2) is 39.3 Å². The lowest BCUT2D eigenvalue weighted by atomic mass is 9.89. The first-order valence-corrected chi connectivity index (χ1v) is 14.6. The van der Waals surface area contributed by atoms with E-state index in [0.717, 1.165) is 36.3 Å². The first-order valence-electron chi connectivity index (χ1n) is 13.8. The second-order valence-electron chi connectivity index (χ2n) is 12.2. The molecule has 1 aliphatic rings. The lowest BCUT2D eigenvalue weighted by molar-refractivity contribution is 0.0200. The predicted molar refractivity (Wildman–Crippen MR) is 146 cm³/mol. The number of imidazole rings is 1. The molecule has 0 aliphatic carbocycles. The van der Waals surface area contributed by atoms with Crippen molar-refractivity contribution in [1.29, 1.82) is 0 Å². The molecule has 0 bridgehead atoms. The summed E-state index contributed by atoms with van der Waals surface area (Å²) in [7, 11) is 0. The van der Waals surface area contributed by atoms with Gasteiger partial charge in [-0.1, -0.05) is 72.1 Å². The summed E-state index contributed by atoms with van der Waals surface area (Å²) in [6, 6.07) is -0.0757. The van der Waals surface area contributed by atoms with E-state index >= 15 is 0 Å². The largest absolute Gasteiger partial charge is 0.444 e. The molecule has 1 fully saturated rings. The highest BCUT2D eigenvalue weighted by molar-refractivity contribution is 9.10. The molecule has 0 radical (unpaired) electrons. The number of rotatable bonds is 14. The molecule has 1 saturated heterocycles. The Balaban J connectivity index is 1.63. The van der Waals surface area contributed by atoms with Crippen LogP contribution in [0.3, 0.4) is 0 Å². The van der Waals surface area contributed by atoms with Gasteiger partial charge >= 0.3 is 6.09 Å². The molecule has 0 saturated carbocycles. The first kappa shape index (κ1) is 30.1. The van der Waals surface area contributed by atoms with Crippen LogP contribution in [0.25, 0.3) is 0 Å². The summed E-state index contributed by atoms with van der Waals surface area (Å²) in [5.41, 5.74) is -0.0239. The summed E-state index contributed by atoms with van der Waals surface area (Å²) in [6.07, 6.45) is 16.5. The van der Waals surface area contributed by atoms with Gasteiger partial charge in [0.2, 0.25) is 0 Å². The molecule has 1 amide bonds. The van der Waals surface area contributed by atoms with Crippen LogP contribution < -0.4 is 0 Å². The van der Waals surface area contributed by atoms with Crippen molar-refractivity contribution in [1.82, 2.24) is 14.5 Å². The SMILES string of the molecule is CC(C)(C)CCCCCCCCCCCOCn1c(Br)cnc1C1CCCN1C(=O)OC(C)(C)C. The Bertz CT molecular complexity index is 752. The molecule has 1 aromatic rings. The van der Waals surface area contributed by atoms with Crippen molar-refractivity contribution in [2.45, 2.75) is 137 Å². The van der Waals surface area contributed by atoms with E-state index in [1.807, 2.05) is 25.3 Å². The zero-order chi connectivity index (χ0) is 25.9. The molecule has 1 aliphatic heterocycles. The average Bonchev–Trinajstić information content (AvgIpc) is 3.36. The zero-order valence-electron chi connectivity index (χ0n) is 23.2. The lowest BCUT2D eigenvalue weighted by Gasteiger charge is -2.28. The Labute approximate surface area is 222 Å². The number of ether oxygens (including phenoxy) is 2. The van der Waals surface area contributed by atoms with Crippen LogP contribution in [0.4, 0.5) is 4.79 Å². The van der Waals surface area contributed by atoms with E-state index in [1.165, 1.54) is 57.8 Å². The molecule has 0 spiro atoms. The molecule has 2 rings (SSSR count). The number of amides is 1. The van der Waals surface area contributed by atoms with Gasteiger partial charge in [0.05, 0.1) is 12.2 Å². The maximum Gasteiger partial charge on any atom is 0.410 e. The highest BCUT2D eigenvalue weighted by atomic mass is 79.9. The number of hydrogen-bond acceptors (Lipinski definition) is 4. The number of carbonyl (C=O) groups is 1. The molecule has 1 aromatic heterocycles. The van der Waals surface area contributed by atoms with E-state index in [1.54, 1.807) is 11.1 Å². The molecule has 6 nitrogen and oxygen atoms in total. The predicted octanol–water partition coefficient (Wildman–Crippen LogP) is 8.64. The molecular formula is C28H50BrN3O3. The Kier molecular flexibility index (Phi) is 12.6. The van der Waals surface area contributed by atoms with Crippen molar-refractivity contribution in [2.24, 2.45) is 5.41 Å². The summed E-state index contributed by atoms with van der Waals surface area (Å²) in [5, 5.41) is 0. The smallest absolute Gasteiger partial charge is 0.410 e. The maximum atomic E-state index is 12.7. The zero-order valence-corrected chi connectivity index (χ0v) is 24.8. The number of likely N-dealkylation sites (tertiary alicyclic amines) is 1. The van der Waals surface area contributed by atoms with Crippen LogP contribution in [0.5, 0.6) is 0 Å². The molecule has 202 valence electrons. The van der Waals surface area contributed by atoms with Gasteiger partial charge in [-0.05, 0) is 67.8 Å². The quantitative estimate of drug-likeness (QED) is 0.215. The third-order valence-electron chi connectivity index (χ3n) is 6.45. The van der Waals surface area contributed by atoms with Gasteiger partial charge in [-0.2, -0.15) is 0 Å². The molecule has 1 unspecified atom stereocenters. The third kappa shape index (κ3) is 11.7. The van der Waals surface area contributed by atoms with E-state index in [9.17, 15) is 4.79 Å². The first-order chi connectivity index (χ1) is 16.5. The van der Waals surface area contributed by atoms with Gasteiger partial charge in [-0.15, -0.1) is 0 Å². The molecule has 35 heavy (non-hydrogen) atoms. The number of aromatic nitrogens is 2. The van der Waals surface area contributed by atoms with Gasteiger partial charge < -0.3 is 9.47 Å². The van der Waals surface area contributed by atoms with Gasteiger partial charge in [0.15, 0.2) is 0 Å². The van der Waals surface area contributed by atoms with E-state index in [4.69, 9.17) is 9.47 Å². The maximum absolute atomic E-state index is 12.7. The molecule has 0 aromatic carbocycles. The van der Waals surface area contributed by atoms with Gasteiger partial charge in [0.1, 0.15) is 22.8 Å². The van der Waals surface area contributed by atoms with E-state index in [-0.39, 0.29) is 12.1 Å². The van der Waals surface area contributed by atoms with Gasteiger partial charge in [-0.3, -0.25) is 9.47 Å². The van der Waals surface area contributed by atoms with Crippen molar-refractivity contribution in [3.05, 3.63) is 16.6 Å². The average molecular weight is 557 g/mol. The fourth-order valence-electron chi connectivity index (χ4n) is 4.59. The highest BCUT2D eigenvalue weighted by Crippen LogP contribution is 2.34. The van der Waals surface area contributed by atoms with Crippen LogP contribution >= 0.6 is 15.9 Å². The van der Waals surface area contributed by atoms with Gasteiger partial charge in [0.25, 0.3) is 0 Å². The minimum Gasteiger partial charge on any atom is -0.444 e. The van der Waals surface area contributed by atoms with Crippen molar-refractivity contribution >= 4 is 22.0 Å². The number of carbonyl (C=O) groups excluding carboxylic acids is 1. The van der Waals surface area contributed by atoms with Crippen LogP contribution in [0.1, 0.15) is 130 Å². The normalized spacial score (nSPS) is 16.8. The van der Waals surface area contributed by atoms with Crippen LogP contribution in [0, 0.1) is 5.41 Å². The summed E-state index contributed by atoms with van der Waals surface area (Å²) < 4.78 is 14.5. The number of nitrogens with zero attached hydrogens (tertiary/aromatic N) is 3. The summed E-state index contributed by atoms with van der Waals surface area (Å²) in [6.45, 7) is 14.6. The van der Waals surface area contributed by atoms with Crippen molar-refractivity contribution < 1.29 is 14.3 Å².